The molecular formula is C23H16IN3. The lowest BCUT2D eigenvalue weighted by Crippen LogP contribution is -2.20. The lowest BCUT2D eigenvalue weighted by molar-refractivity contribution is 1.44. The van der Waals surface area contributed by atoms with Crippen molar-refractivity contribution in [3.05, 3.63) is 81.4 Å². The summed E-state index contributed by atoms with van der Waals surface area (Å²) in [5.74, 6) is 0.257. The largest absolute Gasteiger partial charge is 0.326 e. The van der Waals surface area contributed by atoms with E-state index in [9.17, 15) is 0 Å². The van der Waals surface area contributed by atoms with Crippen LogP contribution in [0.15, 0.2) is 66.7 Å². The molecule has 0 saturated carbocycles. The number of hydrogen-bond acceptors (Lipinski definition) is 1. The summed E-state index contributed by atoms with van der Waals surface area (Å²) >= 11 is 2.35. The molecule has 0 heterocycles. The molecule has 0 aliphatic heterocycles. The molecule has 0 unspecified atom stereocenters. The third-order valence-corrected chi connectivity index (χ3v) is 5.88. The van der Waals surface area contributed by atoms with Gasteiger partial charge in [-0.2, -0.15) is 0 Å². The van der Waals surface area contributed by atoms with Crippen molar-refractivity contribution in [1.82, 2.24) is 0 Å². The van der Waals surface area contributed by atoms with E-state index in [1.165, 1.54) is 25.5 Å². The maximum absolute atomic E-state index is 8.45. The summed E-state index contributed by atoms with van der Waals surface area (Å²) in [6.45, 7) is 0. The van der Waals surface area contributed by atoms with Gasteiger partial charge in [0.25, 0.3) is 0 Å². The summed E-state index contributed by atoms with van der Waals surface area (Å²) in [4.78, 5) is 0. The van der Waals surface area contributed by atoms with E-state index in [0.29, 0.717) is 0 Å². The van der Waals surface area contributed by atoms with E-state index >= 15 is 0 Å². The molecule has 0 bridgehead atoms. The zero-order valence-electron chi connectivity index (χ0n) is 14.4. The summed E-state index contributed by atoms with van der Waals surface area (Å²) in [5.41, 5.74) is 4.33. The van der Waals surface area contributed by atoms with Crippen molar-refractivity contribution >= 4 is 73.6 Å². The Hall–Kier alpha value is -2.86. The summed E-state index contributed by atoms with van der Waals surface area (Å²) in [7, 11) is 0. The molecule has 0 spiro atoms. The van der Waals surface area contributed by atoms with Crippen LogP contribution >= 0.6 is 22.6 Å². The smallest absolute Gasteiger partial charge is 0.197 e. The van der Waals surface area contributed by atoms with Gasteiger partial charge in [0.1, 0.15) is 0 Å². The summed E-state index contributed by atoms with van der Waals surface area (Å²) in [6.07, 6.45) is 4.28. The third kappa shape index (κ3) is 2.77. The predicted molar refractivity (Wildman–Crippen MR) is 125 cm³/mol. The summed E-state index contributed by atoms with van der Waals surface area (Å²) in [5, 5.41) is 19.6. The number of hydrogen-bond donors (Lipinski definition) is 3. The van der Waals surface area contributed by atoms with Gasteiger partial charge in [-0.15, -0.1) is 0 Å². The average Bonchev–Trinajstić information content (AvgIpc) is 3.11. The number of guanidine groups is 1. The fourth-order valence-electron chi connectivity index (χ4n) is 3.70. The first kappa shape index (κ1) is 16.3. The molecule has 3 nitrogen and oxygen atoms in total. The first-order valence-corrected chi connectivity index (χ1v) is 9.82. The zero-order valence-corrected chi connectivity index (χ0v) is 16.5. The fourth-order valence-corrected chi connectivity index (χ4v) is 4.35. The zero-order chi connectivity index (χ0) is 18.4. The Labute approximate surface area is 170 Å². The van der Waals surface area contributed by atoms with Crippen molar-refractivity contribution in [3.63, 3.8) is 0 Å². The second kappa shape index (κ2) is 6.39. The molecule has 0 amide bonds. The maximum Gasteiger partial charge on any atom is 0.197 e. The summed E-state index contributed by atoms with van der Waals surface area (Å²) in [6, 6.07) is 22.8. The van der Waals surface area contributed by atoms with Gasteiger partial charge in [0, 0.05) is 25.7 Å². The van der Waals surface area contributed by atoms with Gasteiger partial charge in [0.05, 0.1) is 0 Å². The van der Waals surface area contributed by atoms with E-state index in [-0.39, 0.29) is 5.96 Å². The Morgan fingerprint density at radius 2 is 1.30 bits per heavy atom. The van der Waals surface area contributed by atoms with E-state index in [1.54, 1.807) is 0 Å². The molecule has 4 heteroatoms. The number of anilines is 2. The molecule has 27 heavy (non-hydrogen) atoms. The van der Waals surface area contributed by atoms with Crippen LogP contribution in [0, 0.1) is 8.98 Å². The van der Waals surface area contributed by atoms with Gasteiger partial charge in [-0.1, -0.05) is 60.7 Å². The van der Waals surface area contributed by atoms with Crippen LogP contribution in [-0.2, 0) is 0 Å². The van der Waals surface area contributed by atoms with Crippen molar-refractivity contribution in [2.75, 3.05) is 10.6 Å². The second-order valence-corrected chi connectivity index (χ2v) is 7.73. The van der Waals surface area contributed by atoms with Gasteiger partial charge >= 0.3 is 0 Å². The monoisotopic (exact) mass is 461 g/mol. The van der Waals surface area contributed by atoms with Crippen LogP contribution < -0.4 is 10.6 Å². The van der Waals surface area contributed by atoms with Crippen molar-refractivity contribution < 1.29 is 0 Å². The van der Waals surface area contributed by atoms with Crippen molar-refractivity contribution in [3.8, 4) is 0 Å². The van der Waals surface area contributed by atoms with E-state index in [1.807, 2.05) is 24.3 Å². The number of nitrogens with one attached hydrogen (secondary N) is 3. The lowest BCUT2D eigenvalue weighted by Gasteiger charge is -2.15. The Kier molecular flexibility index (Phi) is 3.86. The standard InChI is InChI=1S/C23H16IN3/c24-19-11-13-20(17-6-2-1-5-16(17)19)26-23(25)27-21-12-10-15-9-8-14-4-3-7-18(21)22(14)15/h1-13H,(H3,25,26,27). The highest BCUT2D eigenvalue weighted by Gasteiger charge is 2.13. The van der Waals surface area contributed by atoms with Gasteiger partial charge in [0.2, 0.25) is 0 Å². The molecular weight excluding hydrogens is 445 g/mol. The predicted octanol–water partition coefficient (Wildman–Crippen LogP) is 6.54. The maximum atomic E-state index is 8.45. The van der Waals surface area contributed by atoms with E-state index in [4.69, 9.17) is 5.41 Å². The minimum Gasteiger partial charge on any atom is -0.326 e. The molecule has 0 saturated heterocycles. The molecule has 0 atom stereocenters. The number of benzene rings is 4. The van der Waals surface area contributed by atoms with Crippen LogP contribution in [0.5, 0.6) is 0 Å². The highest BCUT2D eigenvalue weighted by molar-refractivity contribution is 14.1. The van der Waals surface area contributed by atoms with Crippen LogP contribution in [0.1, 0.15) is 11.1 Å². The van der Waals surface area contributed by atoms with Crippen LogP contribution in [0.2, 0.25) is 0 Å². The first-order chi connectivity index (χ1) is 13.2. The Bertz CT molecular complexity index is 1250. The average molecular weight is 461 g/mol. The molecule has 0 fully saturated rings. The van der Waals surface area contributed by atoms with Gasteiger partial charge in [0.15, 0.2) is 5.96 Å². The Morgan fingerprint density at radius 1 is 0.667 bits per heavy atom. The minimum absolute atomic E-state index is 0.257. The van der Waals surface area contributed by atoms with Crippen molar-refractivity contribution in [2.24, 2.45) is 0 Å². The fraction of sp³-hybridized carbons (Fsp3) is 0. The molecule has 0 radical (unpaired) electrons. The molecule has 1 aliphatic rings. The molecule has 4 aromatic carbocycles. The Morgan fingerprint density at radius 3 is 2.11 bits per heavy atom. The topological polar surface area (TPSA) is 47.9 Å². The van der Waals surface area contributed by atoms with Crippen LogP contribution in [-0.4, -0.2) is 5.96 Å². The first-order valence-electron chi connectivity index (χ1n) is 8.74. The molecule has 0 aromatic heterocycles. The lowest BCUT2D eigenvalue weighted by atomic mass is 10.0. The van der Waals surface area contributed by atoms with Crippen LogP contribution in [0.3, 0.4) is 0 Å². The van der Waals surface area contributed by atoms with Gasteiger partial charge in [-0.3, -0.25) is 5.41 Å². The van der Waals surface area contributed by atoms with Crippen LogP contribution in [0.4, 0.5) is 11.4 Å². The highest BCUT2D eigenvalue weighted by atomic mass is 127. The van der Waals surface area contributed by atoms with Gasteiger partial charge < -0.3 is 10.6 Å². The summed E-state index contributed by atoms with van der Waals surface area (Å²) < 4.78 is 1.20. The normalized spacial score (nSPS) is 11.9. The van der Waals surface area contributed by atoms with E-state index in [0.717, 1.165) is 22.1 Å². The van der Waals surface area contributed by atoms with Gasteiger partial charge in [-0.25, -0.2) is 0 Å². The SMILES string of the molecule is N=C(Nc1ccc(I)c2ccccc12)Nc1ccc2c3c(cccc13)C=C2. The number of halogens is 1. The number of fused-ring (bicyclic) bond motifs is 1. The third-order valence-electron chi connectivity index (χ3n) is 4.94. The van der Waals surface area contributed by atoms with Crippen LogP contribution in [0.25, 0.3) is 33.7 Å². The highest BCUT2D eigenvalue weighted by Crippen LogP contribution is 2.35. The second-order valence-electron chi connectivity index (χ2n) is 6.57. The molecule has 130 valence electrons. The van der Waals surface area contributed by atoms with E-state index < -0.39 is 0 Å². The van der Waals surface area contributed by atoms with E-state index in [2.05, 4.69) is 87.8 Å². The molecule has 3 N–H and O–H groups in total. The number of rotatable bonds is 2. The Balaban J connectivity index is 1.48. The molecule has 1 aliphatic carbocycles. The quantitative estimate of drug-likeness (QED) is 0.159. The minimum atomic E-state index is 0.257. The van der Waals surface area contributed by atoms with Crippen molar-refractivity contribution in [1.29, 1.82) is 5.41 Å². The van der Waals surface area contributed by atoms with Gasteiger partial charge in [-0.05, 0) is 62.7 Å². The van der Waals surface area contributed by atoms with Crippen molar-refractivity contribution in [2.45, 2.75) is 0 Å². The molecule has 5 rings (SSSR count). The molecule has 4 aromatic rings.